The van der Waals surface area contributed by atoms with E-state index in [2.05, 4.69) is 24.1 Å². The smallest absolute Gasteiger partial charge is 0.262 e. The number of carbonyl (C=O) groups is 1. The maximum absolute atomic E-state index is 13.8. The van der Waals surface area contributed by atoms with Crippen molar-refractivity contribution in [1.29, 1.82) is 0 Å². The highest BCUT2D eigenvalue weighted by Crippen LogP contribution is 2.53. The molecule has 3 N–H and O–H groups in total. The van der Waals surface area contributed by atoms with Gasteiger partial charge in [-0.1, -0.05) is 32.4 Å². The zero-order valence-electron chi connectivity index (χ0n) is 18.9. The van der Waals surface area contributed by atoms with E-state index in [0.717, 1.165) is 19.3 Å². The van der Waals surface area contributed by atoms with E-state index >= 15 is 0 Å². The van der Waals surface area contributed by atoms with Gasteiger partial charge in [-0.15, -0.1) is 0 Å². The highest BCUT2D eigenvalue weighted by molar-refractivity contribution is 6.01. The first-order valence-corrected chi connectivity index (χ1v) is 11.8. The molecule has 1 aromatic rings. The maximum Gasteiger partial charge on any atom is 0.262 e. The molecule has 32 heavy (non-hydrogen) atoms. The van der Waals surface area contributed by atoms with Gasteiger partial charge < -0.3 is 24.7 Å². The number of aliphatic hydroxyl groups is 1. The van der Waals surface area contributed by atoms with E-state index in [-0.39, 0.29) is 41.0 Å². The molecule has 1 aromatic heterocycles. The highest BCUT2D eigenvalue weighted by atomic mass is 16.6. The second-order valence-electron chi connectivity index (χ2n) is 10.4. The number of Topliss-reactive ketones (excluding diaryl/α,β-unsaturated/α-hetero) is 1. The Morgan fingerprint density at radius 3 is 2.78 bits per heavy atom. The molecule has 2 saturated carbocycles. The minimum absolute atomic E-state index is 0.00280. The molecule has 3 fully saturated rings. The van der Waals surface area contributed by atoms with Gasteiger partial charge in [-0.2, -0.15) is 0 Å². The van der Waals surface area contributed by atoms with Gasteiger partial charge in [-0.3, -0.25) is 9.59 Å². The highest BCUT2D eigenvalue weighted by Gasteiger charge is 2.63. The van der Waals surface area contributed by atoms with Crippen molar-refractivity contribution >= 4 is 5.78 Å². The SMILES string of the molecule is COC1(c2c[nH]c(=O)c(C(=O)C3C(C)C=CC4CC(C)CCC43)c2O)CCC(O)C2OC21. The summed E-state index contributed by atoms with van der Waals surface area (Å²) < 4.78 is 11.5. The van der Waals surface area contributed by atoms with Gasteiger partial charge in [0.25, 0.3) is 5.56 Å². The Morgan fingerprint density at radius 1 is 1.25 bits per heavy atom. The minimum Gasteiger partial charge on any atom is -0.507 e. The lowest BCUT2D eigenvalue weighted by Crippen LogP contribution is -2.44. The number of aromatic amines is 1. The number of ketones is 1. The fraction of sp³-hybridized carbons (Fsp3) is 0.680. The number of ether oxygens (including phenoxy) is 2. The molecule has 0 amide bonds. The summed E-state index contributed by atoms with van der Waals surface area (Å²) in [6.07, 6.45) is 8.36. The van der Waals surface area contributed by atoms with Crippen LogP contribution in [-0.4, -0.2) is 46.4 Å². The average Bonchev–Trinajstić information content (AvgIpc) is 3.57. The van der Waals surface area contributed by atoms with E-state index in [1.165, 1.54) is 13.3 Å². The zero-order valence-corrected chi connectivity index (χ0v) is 18.9. The van der Waals surface area contributed by atoms with Crippen molar-refractivity contribution in [2.75, 3.05) is 7.11 Å². The number of fused-ring (bicyclic) bond motifs is 2. The maximum atomic E-state index is 13.8. The quantitative estimate of drug-likeness (QED) is 0.375. The van der Waals surface area contributed by atoms with Crippen molar-refractivity contribution in [3.05, 3.63) is 39.8 Å². The van der Waals surface area contributed by atoms with Gasteiger partial charge in [0.1, 0.15) is 29.1 Å². The van der Waals surface area contributed by atoms with Crippen molar-refractivity contribution in [1.82, 2.24) is 4.98 Å². The first kappa shape index (κ1) is 21.9. The molecule has 1 saturated heterocycles. The Kier molecular flexibility index (Phi) is 5.34. The van der Waals surface area contributed by atoms with Gasteiger partial charge in [-0.25, -0.2) is 0 Å². The van der Waals surface area contributed by atoms with Crippen LogP contribution in [0.5, 0.6) is 5.75 Å². The van der Waals surface area contributed by atoms with Crippen molar-refractivity contribution in [3.8, 4) is 5.75 Å². The lowest BCUT2D eigenvalue weighted by molar-refractivity contribution is -0.0606. The van der Waals surface area contributed by atoms with Gasteiger partial charge in [-0.05, 0) is 49.4 Å². The number of rotatable bonds is 4. The number of hydrogen-bond donors (Lipinski definition) is 3. The van der Waals surface area contributed by atoms with E-state index in [1.807, 2.05) is 6.92 Å². The monoisotopic (exact) mass is 443 g/mol. The number of methoxy groups -OCH3 is 1. The van der Waals surface area contributed by atoms with E-state index in [1.54, 1.807) is 0 Å². The second kappa shape index (κ2) is 7.82. The normalized spacial score (nSPS) is 42.8. The van der Waals surface area contributed by atoms with Crippen LogP contribution in [0.15, 0.2) is 23.1 Å². The lowest BCUT2D eigenvalue weighted by Gasteiger charge is -2.42. The van der Waals surface area contributed by atoms with Crippen molar-refractivity contribution in [2.45, 2.75) is 69.9 Å². The number of epoxide rings is 1. The number of H-pyrrole nitrogens is 1. The van der Waals surface area contributed by atoms with Crippen molar-refractivity contribution < 1.29 is 24.5 Å². The molecule has 0 aromatic carbocycles. The molecular formula is C25H33NO6. The molecule has 4 aliphatic rings. The van der Waals surface area contributed by atoms with Crippen molar-refractivity contribution in [3.63, 3.8) is 0 Å². The number of nitrogens with one attached hydrogen (secondary N) is 1. The predicted molar refractivity (Wildman–Crippen MR) is 117 cm³/mol. The molecule has 7 nitrogen and oxygen atoms in total. The molecule has 0 bridgehead atoms. The number of pyridine rings is 1. The fourth-order valence-electron chi connectivity index (χ4n) is 6.69. The Morgan fingerprint density at radius 2 is 2.03 bits per heavy atom. The molecule has 9 unspecified atom stereocenters. The standard InChI is InChI=1S/C25H33NO6/c1-12-4-7-15-14(10-12)6-5-13(2)18(15)21(29)19-20(28)16(11-26-24(19)30)25(31-3)9-8-17(27)22-23(25)32-22/h5-6,11-15,17-18,22-23,27H,4,7-10H2,1-3H3,(H2,26,28,30). The predicted octanol–water partition coefficient (Wildman–Crippen LogP) is 2.90. The van der Waals surface area contributed by atoms with Crippen LogP contribution in [0.4, 0.5) is 0 Å². The van der Waals surface area contributed by atoms with E-state index < -0.39 is 23.4 Å². The molecule has 7 heteroatoms. The number of aromatic nitrogens is 1. The molecule has 0 radical (unpaired) electrons. The van der Waals surface area contributed by atoms with Crippen LogP contribution >= 0.6 is 0 Å². The first-order valence-electron chi connectivity index (χ1n) is 11.8. The molecule has 0 spiro atoms. The van der Waals surface area contributed by atoms with Gasteiger partial charge in [0.2, 0.25) is 0 Å². The van der Waals surface area contributed by atoms with E-state index in [4.69, 9.17) is 9.47 Å². The Bertz CT molecular complexity index is 1000. The van der Waals surface area contributed by atoms with Gasteiger partial charge in [0.15, 0.2) is 5.78 Å². The fourth-order valence-corrected chi connectivity index (χ4v) is 6.69. The van der Waals surface area contributed by atoms with Crippen LogP contribution in [-0.2, 0) is 15.1 Å². The van der Waals surface area contributed by atoms with Crippen LogP contribution < -0.4 is 5.56 Å². The summed E-state index contributed by atoms with van der Waals surface area (Å²) >= 11 is 0. The summed E-state index contributed by atoms with van der Waals surface area (Å²) in [6.45, 7) is 4.27. The summed E-state index contributed by atoms with van der Waals surface area (Å²) in [5.74, 6) is 0.196. The molecular weight excluding hydrogens is 410 g/mol. The Balaban J connectivity index is 1.54. The van der Waals surface area contributed by atoms with E-state index in [9.17, 15) is 19.8 Å². The number of hydrogen-bond acceptors (Lipinski definition) is 6. The Hall–Kier alpha value is -1.96. The van der Waals surface area contributed by atoms with Gasteiger partial charge in [0, 0.05) is 24.8 Å². The van der Waals surface area contributed by atoms with Crippen molar-refractivity contribution in [2.24, 2.45) is 29.6 Å². The molecule has 2 heterocycles. The molecule has 9 atom stereocenters. The summed E-state index contributed by atoms with van der Waals surface area (Å²) in [5.41, 5.74) is -1.40. The summed E-state index contributed by atoms with van der Waals surface area (Å²) in [7, 11) is 1.53. The van der Waals surface area contributed by atoms with Crippen LogP contribution in [0.1, 0.15) is 61.9 Å². The lowest BCUT2D eigenvalue weighted by atomic mass is 9.61. The topological polar surface area (TPSA) is 112 Å². The third-order valence-corrected chi connectivity index (χ3v) is 8.52. The van der Waals surface area contributed by atoms with Gasteiger partial charge >= 0.3 is 0 Å². The molecule has 5 rings (SSSR count). The number of aliphatic hydroxyl groups excluding tert-OH is 1. The number of allylic oxidation sites excluding steroid dienone is 2. The minimum atomic E-state index is -1.01. The van der Waals surface area contributed by atoms with Gasteiger partial charge in [0.05, 0.1) is 6.10 Å². The van der Waals surface area contributed by atoms with Crippen LogP contribution in [0.2, 0.25) is 0 Å². The Labute approximate surface area is 187 Å². The van der Waals surface area contributed by atoms with Crippen LogP contribution in [0, 0.1) is 29.6 Å². The van der Waals surface area contributed by atoms with E-state index in [0.29, 0.717) is 30.2 Å². The third kappa shape index (κ3) is 3.20. The largest absolute Gasteiger partial charge is 0.507 e. The summed E-state index contributed by atoms with van der Waals surface area (Å²) in [4.78, 5) is 29.4. The average molecular weight is 444 g/mol. The number of aromatic hydroxyl groups is 1. The first-order chi connectivity index (χ1) is 15.3. The zero-order chi connectivity index (χ0) is 22.8. The summed E-state index contributed by atoms with van der Waals surface area (Å²) in [5, 5.41) is 21.4. The van der Waals surface area contributed by atoms with Crippen LogP contribution in [0.25, 0.3) is 0 Å². The second-order valence-corrected chi connectivity index (χ2v) is 10.4. The third-order valence-electron chi connectivity index (χ3n) is 8.52. The summed E-state index contributed by atoms with van der Waals surface area (Å²) in [6, 6.07) is 0. The van der Waals surface area contributed by atoms with Crippen LogP contribution in [0.3, 0.4) is 0 Å². The number of carbonyl (C=O) groups excluding carboxylic acids is 1. The molecule has 1 aliphatic heterocycles. The molecule has 174 valence electrons. The molecule has 3 aliphatic carbocycles.